The number of rotatable bonds is 4. The van der Waals surface area contributed by atoms with Crippen LogP contribution >= 0.6 is 11.3 Å². The second-order valence-corrected chi connectivity index (χ2v) is 10.7. The van der Waals surface area contributed by atoms with Crippen LogP contribution in [0.5, 0.6) is 0 Å². The van der Waals surface area contributed by atoms with E-state index in [1.54, 1.807) is 36.4 Å². The summed E-state index contributed by atoms with van der Waals surface area (Å²) in [6, 6.07) is 8.90. The number of hydrogen-bond donors (Lipinski definition) is 0. The number of imide groups is 1. The van der Waals surface area contributed by atoms with Crippen molar-refractivity contribution >= 4 is 39.1 Å². The van der Waals surface area contributed by atoms with Crippen molar-refractivity contribution in [1.29, 1.82) is 0 Å². The van der Waals surface area contributed by atoms with Gasteiger partial charge in [-0.05, 0) is 38.1 Å². The molecule has 3 amide bonds. The summed E-state index contributed by atoms with van der Waals surface area (Å²) in [5, 5.41) is 0. The molecule has 1 atom stereocenters. The number of carbonyl (C=O) groups excluding carboxylic acids is 3. The number of sulfonamides is 1. The van der Waals surface area contributed by atoms with Crippen LogP contribution < -0.4 is 0 Å². The normalized spacial score (nSPS) is 18.6. The van der Waals surface area contributed by atoms with Crippen LogP contribution in [0.3, 0.4) is 0 Å². The maximum atomic E-state index is 13.0. The number of hydrogen-bond acceptors (Lipinski definition) is 6. The number of aryl methyl sites for hydroxylation is 1. The molecule has 1 aromatic heterocycles. The number of carbonyl (C=O) groups is 3. The SMILES string of the molecule is Cc1ccc(S(=O)(=O)N2CCN(C(=O)[C@@H](C)N3C(=O)c4ccccc4C3=O)CC2)s1. The van der Waals surface area contributed by atoms with Crippen LogP contribution in [0.1, 0.15) is 32.5 Å². The first-order chi connectivity index (χ1) is 14.2. The van der Waals surface area contributed by atoms with Gasteiger partial charge in [-0.3, -0.25) is 19.3 Å². The Kier molecular flexibility index (Phi) is 5.25. The van der Waals surface area contributed by atoms with Gasteiger partial charge in [0.05, 0.1) is 11.1 Å². The summed E-state index contributed by atoms with van der Waals surface area (Å²) in [5.74, 6) is -1.33. The molecule has 2 aromatic rings. The fraction of sp³-hybridized carbons (Fsp3) is 0.350. The Bertz CT molecular complexity index is 1100. The summed E-state index contributed by atoms with van der Waals surface area (Å²) in [5.41, 5.74) is 0.591. The summed E-state index contributed by atoms with van der Waals surface area (Å²) in [7, 11) is -3.58. The van der Waals surface area contributed by atoms with Crippen LogP contribution in [0.25, 0.3) is 0 Å². The highest BCUT2D eigenvalue weighted by Gasteiger charge is 2.42. The summed E-state index contributed by atoms with van der Waals surface area (Å²) >= 11 is 1.22. The van der Waals surface area contributed by atoms with E-state index in [4.69, 9.17) is 0 Å². The minimum atomic E-state index is -3.58. The van der Waals surface area contributed by atoms with Crippen molar-refractivity contribution < 1.29 is 22.8 Å². The van der Waals surface area contributed by atoms with Crippen LogP contribution in [0.2, 0.25) is 0 Å². The Labute approximate surface area is 178 Å². The first-order valence-electron chi connectivity index (χ1n) is 9.54. The maximum absolute atomic E-state index is 13.0. The highest BCUT2D eigenvalue weighted by atomic mass is 32.2. The number of fused-ring (bicyclic) bond motifs is 1. The Morgan fingerprint density at radius 3 is 2.03 bits per heavy atom. The molecule has 1 aromatic carbocycles. The first-order valence-corrected chi connectivity index (χ1v) is 11.8. The Morgan fingerprint density at radius 2 is 1.53 bits per heavy atom. The number of amides is 3. The highest BCUT2D eigenvalue weighted by molar-refractivity contribution is 7.91. The van der Waals surface area contributed by atoms with Crippen molar-refractivity contribution in [3.8, 4) is 0 Å². The van der Waals surface area contributed by atoms with Crippen molar-refractivity contribution in [3.63, 3.8) is 0 Å². The van der Waals surface area contributed by atoms with Crippen molar-refractivity contribution in [1.82, 2.24) is 14.1 Å². The number of piperazine rings is 1. The van der Waals surface area contributed by atoms with Crippen LogP contribution in [0, 0.1) is 6.92 Å². The fourth-order valence-corrected chi connectivity index (χ4v) is 6.62. The van der Waals surface area contributed by atoms with E-state index < -0.39 is 27.9 Å². The van der Waals surface area contributed by atoms with Gasteiger partial charge in [0.25, 0.3) is 21.8 Å². The van der Waals surface area contributed by atoms with Crippen molar-refractivity contribution in [2.75, 3.05) is 26.2 Å². The van der Waals surface area contributed by atoms with Gasteiger partial charge in [0.1, 0.15) is 10.3 Å². The molecular weight excluding hydrogens is 426 g/mol. The second kappa shape index (κ2) is 7.60. The average Bonchev–Trinajstić information content (AvgIpc) is 3.29. The summed E-state index contributed by atoms with van der Waals surface area (Å²) < 4.78 is 27.2. The molecule has 0 saturated carbocycles. The molecule has 2 aliphatic rings. The number of thiophene rings is 1. The lowest BCUT2D eigenvalue weighted by Crippen LogP contribution is -2.55. The topological polar surface area (TPSA) is 95.1 Å². The zero-order chi connectivity index (χ0) is 21.6. The van der Waals surface area contributed by atoms with Gasteiger partial charge in [0.2, 0.25) is 5.91 Å². The standard InChI is InChI=1S/C20H21N3O5S2/c1-13-7-8-17(29-13)30(27,28)22-11-9-21(10-12-22)18(24)14(2)23-19(25)15-5-3-4-6-16(15)20(23)26/h3-8,14H,9-12H2,1-2H3/t14-/m1/s1. The lowest BCUT2D eigenvalue weighted by molar-refractivity contribution is -0.136. The molecule has 10 heteroatoms. The Balaban J connectivity index is 1.44. The molecule has 0 N–H and O–H groups in total. The van der Waals surface area contributed by atoms with Gasteiger partial charge >= 0.3 is 0 Å². The molecule has 0 spiro atoms. The third kappa shape index (κ3) is 3.34. The molecule has 158 valence electrons. The molecule has 0 bridgehead atoms. The minimum Gasteiger partial charge on any atom is -0.338 e. The van der Waals surface area contributed by atoms with E-state index in [-0.39, 0.29) is 32.1 Å². The third-order valence-corrected chi connectivity index (χ3v) is 8.80. The quantitative estimate of drug-likeness (QED) is 0.663. The van der Waals surface area contributed by atoms with E-state index in [0.29, 0.717) is 15.3 Å². The fourth-order valence-electron chi connectivity index (χ4n) is 3.76. The molecule has 30 heavy (non-hydrogen) atoms. The molecule has 0 radical (unpaired) electrons. The highest BCUT2D eigenvalue weighted by Crippen LogP contribution is 2.27. The molecule has 1 saturated heterocycles. The van der Waals surface area contributed by atoms with E-state index in [9.17, 15) is 22.8 Å². The summed E-state index contributed by atoms with van der Waals surface area (Å²) in [6.07, 6.45) is 0. The molecule has 0 aliphatic carbocycles. The smallest absolute Gasteiger partial charge is 0.262 e. The van der Waals surface area contributed by atoms with Gasteiger partial charge in [0, 0.05) is 31.1 Å². The van der Waals surface area contributed by atoms with Crippen molar-refractivity contribution in [2.24, 2.45) is 0 Å². The van der Waals surface area contributed by atoms with Gasteiger partial charge in [-0.2, -0.15) is 4.31 Å². The molecule has 3 heterocycles. The second-order valence-electron chi connectivity index (χ2n) is 7.30. The number of benzene rings is 1. The lowest BCUT2D eigenvalue weighted by atomic mass is 10.1. The van der Waals surface area contributed by atoms with Gasteiger partial charge in [-0.25, -0.2) is 8.42 Å². The van der Waals surface area contributed by atoms with Crippen molar-refractivity contribution in [3.05, 3.63) is 52.4 Å². The van der Waals surface area contributed by atoms with Gasteiger partial charge in [-0.1, -0.05) is 12.1 Å². The summed E-state index contributed by atoms with van der Waals surface area (Å²) in [4.78, 5) is 41.6. The van der Waals surface area contributed by atoms with E-state index in [1.165, 1.54) is 27.5 Å². The molecule has 0 unspecified atom stereocenters. The van der Waals surface area contributed by atoms with Crippen LogP contribution in [-0.4, -0.2) is 72.5 Å². The first kappa shape index (κ1) is 20.7. The molecule has 2 aliphatic heterocycles. The van der Waals surface area contributed by atoms with E-state index in [0.717, 1.165) is 9.78 Å². The predicted octanol–water partition coefficient (Wildman–Crippen LogP) is 1.57. The van der Waals surface area contributed by atoms with Crippen LogP contribution in [0.15, 0.2) is 40.6 Å². The number of nitrogens with zero attached hydrogens (tertiary/aromatic N) is 3. The van der Waals surface area contributed by atoms with Gasteiger partial charge < -0.3 is 4.90 Å². The predicted molar refractivity (Wildman–Crippen MR) is 111 cm³/mol. The molecular formula is C20H21N3O5S2. The largest absolute Gasteiger partial charge is 0.338 e. The zero-order valence-corrected chi connectivity index (χ0v) is 18.2. The minimum absolute atomic E-state index is 0.167. The Hall–Kier alpha value is -2.56. The monoisotopic (exact) mass is 447 g/mol. The van der Waals surface area contributed by atoms with Gasteiger partial charge in [-0.15, -0.1) is 11.3 Å². The summed E-state index contributed by atoms with van der Waals surface area (Å²) in [6.45, 7) is 4.12. The average molecular weight is 448 g/mol. The van der Waals surface area contributed by atoms with E-state index >= 15 is 0 Å². The van der Waals surface area contributed by atoms with E-state index in [2.05, 4.69) is 0 Å². The molecule has 4 rings (SSSR count). The lowest BCUT2D eigenvalue weighted by Gasteiger charge is -2.36. The van der Waals surface area contributed by atoms with Crippen molar-refractivity contribution in [2.45, 2.75) is 24.1 Å². The van der Waals surface area contributed by atoms with Crippen LogP contribution in [-0.2, 0) is 14.8 Å². The van der Waals surface area contributed by atoms with Gasteiger partial charge in [0.15, 0.2) is 0 Å². The zero-order valence-electron chi connectivity index (χ0n) is 16.6. The maximum Gasteiger partial charge on any atom is 0.262 e. The third-order valence-electron chi connectivity index (χ3n) is 5.43. The molecule has 1 fully saturated rings. The van der Waals surface area contributed by atoms with Crippen LogP contribution in [0.4, 0.5) is 0 Å². The Morgan fingerprint density at radius 1 is 0.967 bits per heavy atom. The molecule has 8 nitrogen and oxygen atoms in total. The van der Waals surface area contributed by atoms with E-state index in [1.807, 2.05) is 6.92 Å².